The van der Waals surface area contributed by atoms with Gasteiger partial charge in [-0.3, -0.25) is 0 Å². The van der Waals surface area contributed by atoms with Crippen LogP contribution in [0.1, 0.15) is 24.4 Å². The first-order valence-corrected chi connectivity index (χ1v) is 4.90. The van der Waals surface area contributed by atoms with Crippen molar-refractivity contribution in [2.75, 3.05) is 0 Å². The van der Waals surface area contributed by atoms with Gasteiger partial charge in [0.2, 0.25) is 0 Å². The van der Waals surface area contributed by atoms with Crippen molar-refractivity contribution < 1.29 is 9.63 Å². The molecule has 1 aromatic carbocycles. The summed E-state index contributed by atoms with van der Waals surface area (Å²) >= 11 is 0. The fraction of sp³-hybridized carbons (Fsp3) is 0.250. The second-order valence-electron chi connectivity index (χ2n) is 3.54. The number of aromatic nitrogens is 1. The number of nitrogens with zero attached hydrogens (tertiary/aromatic N) is 1. The van der Waals surface area contributed by atoms with Gasteiger partial charge in [-0.2, -0.15) is 0 Å². The first kappa shape index (κ1) is 9.93. The van der Waals surface area contributed by atoms with E-state index in [1.807, 2.05) is 37.3 Å². The van der Waals surface area contributed by atoms with Gasteiger partial charge in [-0.15, -0.1) is 0 Å². The van der Waals surface area contributed by atoms with Crippen LogP contribution >= 0.6 is 0 Å². The summed E-state index contributed by atoms with van der Waals surface area (Å²) in [5, 5.41) is 13.6. The highest BCUT2D eigenvalue weighted by atomic mass is 16.5. The minimum atomic E-state index is -0.563. The van der Waals surface area contributed by atoms with E-state index < -0.39 is 6.10 Å². The van der Waals surface area contributed by atoms with Crippen LogP contribution < -0.4 is 0 Å². The molecule has 1 heterocycles. The zero-order valence-electron chi connectivity index (χ0n) is 8.77. The summed E-state index contributed by atoms with van der Waals surface area (Å²) < 4.78 is 5.10. The molecule has 0 amide bonds. The van der Waals surface area contributed by atoms with Crippen LogP contribution in [0.4, 0.5) is 0 Å². The van der Waals surface area contributed by atoms with Crippen LogP contribution in [0.5, 0.6) is 0 Å². The largest absolute Gasteiger partial charge is 0.388 e. The van der Waals surface area contributed by atoms with Gasteiger partial charge in [0.25, 0.3) is 0 Å². The molecule has 15 heavy (non-hydrogen) atoms. The number of benzene rings is 1. The maximum Gasteiger partial charge on any atom is 0.140 e. The Hall–Kier alpha value is -1.61. The molecule has 1 N–H and O–H groups in total. The van der Waals surface area contributed by atoms with E-state index in [1.165, 1.54) is 0 Å². The van der Waals surface area contributed by atoms with Gasteiger partial charge in [0, 0.05) is 5.56 Å². The van der Waals surface area contributed by atoms with Gasteiger partial charge in [-0.25, -0.2) is 0 Å². The van der Waals surface area contributed by atoms with E-state index in [0.717, 1.165) is 16.8 Å². The van der Waals surface area contributed by atoms with E-state index >= 15 is 0 Å². The van der Waals surface area contributed by atoms with Gasteiger partial charge in [-0.1, -0.05) is 35.5 Å². The maximum atomic E-state index is 9.64. The van der Waals surface area contributed by atoms with E-state index in [2.05, 4.69) is 5.16 Å². The highest BCUT2D eigenvalue weighted by Crippen LogP contribution is 2.29. The van der Waals surface area contributed by atoms with Gasteiger partial charge in [0.1, 0.15) is 11.5 Å². The van der Waals surface area contributed by atoms with E-state index in [1.54, 1.807) is 6.92 Å². The highest BCUT2D eigenvalue weighted by molar-refractivity contribution is 5.63. The average molecular weight is 203 g/mol. The molecule has 2 rings (SSSR count). The molecule has 0 saturated heterocycles. The first-order chi connectivity index (χ1) is 7.20. The van der Waals surface area contributed by atoms with E-state index in [0.29, 0.717) is 5.76 Å². The molecule has 1 atom stereocenters. The van der Waals surface area contributed by atoms with Gasteiger partial charge in [0.15, 0.2) is 0 Å². The van der Waals surface area contributed by atoms with Gasteiger partial charge in [-0.05, 0) is 13.8 Å². The Kier molecular flexibility index (Phi) is 2.56. The Labute approximate surface area is 88.3 Å². The number of hydrogen-bond donors (Lipinski definition) is 1. The Morgan fingerprint density at radius 1 is 1.27 bits per heavy atom. The van der Waals surface area contributed by atoms with Crippen molar-refractivity contribution in [3.05, 3.63) is 41.7 Å². The fourth-order valence-electron chi connectivity index (χ4n) is 1.68. The Morgan fingerprint density at radius 2 is 1.93 bits per heavy atom. The predicted molar refractivity (Wildman–Crippen MR) is 57.3 cm³/mol. The normalized spacial score (nSPS) is 12.7. The molecular weight excluding hydrogens is 190 g/mol. The van der Waals surface area contributed by atoms with Gasteiger partial charge < -0.3 is 9.63 Å². The predicted octanol–water partition coefficient (Wildman–Crippen LogP) is 2.70. The van der Waals surface area contributed by atoms with Crippen LogP contribution in [0.3, 0.4) is 0 Å². The van der Waals surface area contributed by atoms with Crippen LogP contribution in [0.25, 0.3) is 11.3 Å². The second-order valence-corrected chi connectivity index (χ2v) is 3.54. The van der Waals surface area contributed by atoms with Crippen LogP contribution in [-0.4, -0.2) is 10.3 Å². The zero-order chi connectivity index (χ0) is 10.8. The van der Waals surface area contributed by atoms with E-state index in [-0.39, 0.29) is 0 Å². The molecule has 0 bridgehead atoms. The lowest BCUT2D eigenvalue weighted by molar-refractivity contribution is 0.197. The monoisotopic (exact) mass is 203 g/mol. The van der Waals surface area contributed by atoms with Crippen molar-refractivity contribution in [2.24, 2.45) is 0 Å². The van der Waals surface area contributed by atoms with Crippen LogP contribution in [0.15, 0.2) is 34.9 Å². The summed E-state index contributed by atoms with van der Waals surface area (Å²) in [6.45, 7) is 3.52. The summed E-state index contributed by atoms with van der Waals surface area (Å²) in [5.41, 5.74) is 2.45. The fourth-order valence-corrected chi connectivity index (χ4v) is 1.68. The lowest BCUT2D eigenvalue weighted by Crippen LogP contribution is -1.94. The van der Waals surface area contributed by atoms with Crippen molar-refractivity contribution in [1.82, 2.24) is 5.16 Å². The number of aliphatic hydroxyl groups excluding tert-OH is 1. The van der Waals surface area contributed by atoms with Crippen LogP contribution in [0.2, 0.25) is 0 Å². The SMILES string of the molecule is Cc1onc(-c2ccccc2)c1C(C)O. The topological polar surface area (TPSA) is 46.3 Å². The Balaban J connectivity index is 2.54. The minimum absolute atomic E-state index is 0.563. The summed E-state index contributed by atoms with van der Waals surface area (Å²) in [6.07, 6.45) is -0.563. The van der Waals surface area contributed by atoms with Crippen molar-refractivity contribution >= 4 is 0 Å². The summed E-state index contributed by atoms with van der Waals surface area (Å²) in [4.78, 5) is 0. The van der Waals surface area contributed by atoms with Crippen molar-refractivity contribution in [1.29, 1.82) is 0 Å². The standard InChI is InChI=1S/C12H13NO2/c1-8(14)11-9(2)15-13-12(11)10-6-4-3-5-7-10/h3-8,14H,1-2H3. The molecule has 0 saturated carbocycles. The Morgan fingerprint density at radius 3 is 2.53 bits per heavy atom. The molecule has 78 valence electrons. The lowest BCUT2D eigenvalue weighted by atomic mass is 10.0. The second kappa shape index (κ2) is 3.87. The van der Waals surface area contributed by atoms with E-state index in [9.17, 15) is 5.11 Å². The molecule has 0 fully saturated rings. The zero-order valence-corrected chi connectivity index (χ0v) is 8.77. The first-order valence-electron chi connectivity index (χ1n) is 4.90. The maximum absolute atomic E-state index is 9.64. The molecule has 0 aliphatic heterocycles. The number of aryl methyl sites for hydroxylation is 1. The highest BCUT2D eigenvalue weighted by Gasteiger charge is 2.17. The summed E-state index contributed by atoms with van der Waals surface area (Å²) in [5.74, 6) is 0.670. The number of aliphatic hydroxyl groups is 1. The lowest BCUT2D eigenvalue weighted by Gasteiger charge is -2.04. The minimum Gasteiger partial charge on any atom is -0.388 e. The molecule has 1 aromatic heterocycles. The molecule has 0 aliphatic carbocycles. The van der Waals surface area contributed by atoms with Gasteiger partial charge in [0.05, 0.1) is 11.7 Å². The molecule has 2 aromatic rings. The smallest absolute Gasteiger partial charge is 0.140 e. The summed E-state index contributed by atoms with van der Waals surface area (Å²) in [7, 11) is 0. The third-order valence-electron chi connectivity index (χ3n) is 2.37. The molecule has 3 nitrogen and oxygen atoms in total. The van der Waals surface area contributed by atoms with Gasteiger partial charge >= 0.3 is 0 Å². The van der Waals surface area contributed by atoms with Crippen molar-refractivity contribution in [2.45, 2.75) is 20.0 Å². The molecule has 3 heteroatoms. The molecule has 0 radical (unpaired) electrons. The third kappa shape index (κ3) is 1.78. The Bertz CT molecular complexity index is 446. The van der Waals surface area contributed by atoms with Crippen molar-refractivity contribution in [3.63, 3.8) is 0 Å². The third-order valence-corrected chi connectivity index (χ3v) is 2.37. The molecule has 1 unspecified atom stereocenters. The average Bonchev–Trinajstić information content (AvgIpc) is 2.61. The van der Waals surface area contributed by atoms with E-state index in [4.69, 9.17) is 4.52 Å². The summed E-state index contributed by atoms with van der Waals surface area (Å²) in [6, 6.07) is 9.71. The van der Waals surface area contributed by atoms with Crippen molar-refractivity contribution in [3.8, 4) is 11.3 Å². The van der Waals surface area contributed by atoms with Crippen LogP contribution in [-0.2, 0) is 0 Å². The number of hydrogen-bond acceptors (Lipinski definition) is 3. The number of rotatable bonds is 2. The quantitative estimate of drug-likeness (QED) is 0.816. The van der Waals surface area contributed by atoms with Crippen LogP contribution in [0, 0.1) is 6.92 Å². The molecular formula is C12H13NO2. The molecule has 0 aliphatic rings. The molecule has 0 spiro atoms.